The summed E-state index contributed by atoms with van der Waals surface area (Å²) in [6, 6.07) is 4.53. The predicted octanol–water partition coefficient (Wildman–Crippen LogP) is 2.23. The average molecular weight is 276 g/mol. The molecule has 0 aliphatic heterocycles. The first-order valence-corrected chi connectivity index (χ1v) is 6.34. The van der Waals surface area contributed by atoms with Crippen molar-refractivity contribution < 1.29 is 9.45 Å². The Balaban J connectivity index is 2.32. The summed E-state index contributed by atoms with van der Waals surface area (Å²) in [6.45, 7) is 3.82. The normalized spacial score (nSPS) is 12.3. The molecule has 0 fully saturated rings. The number of non-ortho nitro benzene ring substituents is 1. The van der Waals surface area contributed by atoms with Crippen LogP contribution in [-0.2, 0) is 6.42 Å². The number of aryl methyl sites for hydroxylation is 1. The molecule has 0 saturated carbocycles. The van der Waals surface area contributed by atoms with E-state index in [0.717, 1.165) is 12.0 Å². The first-order chi connectivity index (χ1) is 9.51. The van der Waals surface area contributed by atoms with Gasteiger partial charge in [0, 0.05) is 30.2 Å². The minimum absolute atomic E-state index is 0.00205. The van der Waals surface area contributed by atoms with Gasteiger partial charge in [-0.3, -0.25) is 10.1 Å². The topological polar surface area (TPSA) is 108 Å². The van der Waals surface area contributed by atoms with Crippen LogP contribution >= 0.6 is 0 Å². The highest BCUT2D eigenvalue weighted by Gasteiger charge is 2.16. The summed E-state index contributed by atoms with van der Waals surface area (Å²) >= 11 is 0. The molecule has 1 heterocycles. The van der Waals surface area contributed by atoms with Crippen molar-refractivity contribution in [3.8, 4) is 11.4 Å². The molecule has 2 aromatic rings. The van der Waals surface area contributed by atoms with E-state index < -0.39 is 4.92 Å². The fourth-order valence-corrected chi connectivity index (χ4v) is 1.78. The molecule has 0 bridgehead atoms. The Labute approximate surface area is 115 Å². The zero-order valence-corrected chi connectivity index (χ0v) is 11.4. The lowest BCUT2D eigenvalue weighted by Gasteiger charge is -2.02. The molecule has 7 nitrogen and oxygen atoms in total. The molecule has 0 aliphatic carbocycles. The van der Waals surface area contributed by atoms with Gasteiger partial charge in [0.1, 0.15) is 0 Å². The van der Waals surface area contributed by atoms with Crippen molar-refractivity contribution >= 4 is 5.69 Å². The molecule has 106 valence electrons. The third-order valence-corrected chi connectivity index (χ3v) is 3.10. The maximum absolute atomic E-state index is 10.8. The standard InChI is InChI=1S/C13H16N4O3/c1-3-9(14)6-12-15-13(16-20-12)11-7-10(17(18)19)5-4-8(11)2/h4-5,7,9H,3,6,14H2,1-2H3. The van der Waals surface area contributed by atoms with Crippen LogP contribution in [0.15, 0.2) is 22.7 Å². The van der Waals surface area contributed by atoms with E-state index >= 15 is 0 Å². The number of rotatable bonds is 5. The van der Waals surface area contributed by atoms with Crippen molar-refractivity contribution in [2.24, 2.45) is 5.73 Å². The molecule has 2 N–H and O–H groups in total. The van der Waals surface area contributed by atoms with Gasteiger partial charge in [0.05, 0.1) is 4.92 Å². The number of benzene rings is 1. The van der Waals surface area contributed by atoms with E-state index in [4.69, 9.17) is 10.3 Å². The van der Waals surface area contributed by atoms with E-state index in [1.807, 2.05) is 13.8 Å². The van der Waals surface area contributed by atoms with Gasteiger partial charge in [-0.15, -0.1) is 0 Å². The molecule has 7 heteroatoms. The Morgan fingerprint density at radius 1 is 1.50 bits per heavy atom. The van der Waals surface area contributed by atoms with Gasteiger partial charge in [0.25, 0.3) is 5.69 Å². The second-order valence-electron chi connectivity index (χ2n) is 4.64. The highest BCUT2D eigenvalue weighted by Crippen LogP contribution is 2.25. The summed E-state index contributed by atoms with van der Waals surface area (Å²) in [5.74, 6) is 0.796. The fraction of sp³-hybridized carbons (Fsp3) is 0.385. The summed E-state index contributed by atoms with van der Waals surface area (Å²) in [4.78, 5) is 14.6. The molecule has 1 aromatic heterocycles. The van der Waals surface area contributed by atoms with Gasteiger partial charge < -0.3 is 10.3 Å². The van der Waals surface area contributed by atoms with E-state index in [0.29, 0.717) is 23.7 Å². The smallest absolute Gasteiger partial charge is 0.270 e. The van der Waals surface area contributed by atoms with Gasteiger partial charge >= 0.3 is 0 Å². The number of nitro benzene ring substituents is 1. The third-order valence-electron chi connectivity index (χ3n) is 3.10. The second-order valence-corrected chi connectivity index (χ2v) is 4.64. The van der Waals surface area contributed by atoms with E-state index in [1.54, 1.807) is 6.07 Å². The third kappa shape index (κ3) is 3.00. The molecule has 0 aliphatic rings. The zero-order chi connectivity index (χ0) is 14.7. The molecule has 1 aromatic carbocycles. The Bertz CT molecular complexity index is 624. The van der Waals surface area contributed by atoms with Gasteiger partial charge in [-0.2, -0.15) is 4.98 Å². The van der Waals surface area contributed by atoms with Gasteiger partial charge in [-0.1, -0.05) is 18.1 Å². The van der Waals surface area contributed by atoms with Crippen molar-refractivity contribution in [2.75, 3.05) is 0 Å². The lowest BCUT2D eigenvalue weighted by molar-refractivity contribution is -0.384. The molecule has 1 atom stereocenters. The number of nitro groups is 1. The summed E-state index contributed by atoms with van der Waals surface area (Å²) in [7, 11) is 0. The van der Waals surface area contributed by atoms with E-state index in [2.05, 4.69) is 10.1 Å². The van der Waals surface area contributed by atoms with Crippen LogP contribution in [0, 0.1) is 17.0 Å². The number of hydrogen-bond acceptors (Lipinski definition) is 6. The van der Waals surface area contributed by atoms with Crippen molar-refractivity contribution in [1.29, 1.82) is 0 Å². The molecule has 1 unspecified atom stereocenters. The first kappa shape index (κ1) is 14.1. The molecule has 0 amide bonds. The average Bonchev–Trinajstić information content (AvgIpc) is 2.87. The fourth-order valence-electron chi connectivity index (χ4n) is 1.78. The number of aromatic nitrogens is 2. The highest BCUT2D eigenvalue weighted by molar-refractivity contribution is 5.63. The SMILES string of the molecule is CCC(N)Cc1nc(-c2cc([N+](=O)[O-])ccc2C)no1. The van der Waals surface area contributed by atoms with Crippen LogP contribution in [0.4, 0.5) is 5.69 Å². The van der Waals surface area contributed by atoms with Crippen LogP contribution in [0.25, 0.3) is 11.4 Å². The van der Waals surface area contributed by atoms with Crippen LogP contribution in [-0.4, -0.2) is 21.1 Å². The zero-order valence-electron chi connectivity index (χ0n) is 11.4. The van der Waals surface area contributed by atoms with Crippen LogP contribution < -0.4 is 5.73 Å². The molecular weight excluding hydrogens is 260 g/mol. The lowest BCUT2D eigenvalue weighted by Crippen LogP contribution is -2.21. The summed E-state index contributed by atoms with van der Waals surface area (Å²) in [6.07, 6.45) is 1.31. The van der Waals surface area contributed by atoms with Crippen LogP contribution in [0.2, 0.25) is 0 Å². The quantitative estimate of drug-likeness (QED) is 0.662. The second kappa shape index (κ2) is 5.79. The van der Waals surface area contributed by atoms with Crippen molar-refractivity contribution in [1.82, 2.24) is 10.1 Å². The molecule has 20 heavy (non-hydrogen) atoms. The van der Waals surface area contributed by atoms with E-state index in [9.17, 15) is 10.1 Å². The Morgan fingerprint density at radius 2 is 2.25 bits per heavy atom. The Kier molecular flexibility index (Phi) is 4.09. The highest BCUT2D eigenvalue weighted by atomic mass is 16.6. The van der Waals surface area contributed by atoms with Crippen LogP contribution in [0.1, 0.15) is 24.8 Å². The van der Waals surface area contributed by atoms with Gasteiger partial charge in [-0.05, 0) is 18.9 Å². The minimum atomic E-state index is -0.447. The lowest BCUT2D eigenvalue weighted by atomic mass is 10.1. The van der Waals surface area contributed by atoms with Crippen molar-refractivity contribution in [3.05, 3.63) is 39.8 Å². The van der Waals surface area contributed by atoms with Crippen LogP contribution in [0.5, 0.6) is 0 Å². The summed E-state index contributed by atoms with van der Waals surface area (Å²) in [5.41, 5.74) is 7.28. The van der Waals surface area contributed by atoms with E-state index in [-0.39, 0.29) is 11.7 Å². The maximum atomic E-state index is 10.8. The molecule has 0 spiro atoms. The number of hydrogen-bond donors (Lipinski definition) is 1. The Morgan fingerprint density at radius 3 is 2.90 bits per heavy atom. The van der Waals surface area contributed by atoms with Gasteiger partial charge in [0.2, 0.25) is 11.7 Å². The van der Waals surface area contributed by atoms with E-state index in [1.165, 1.54) is 12.1 Å². The van der Waals surface area contributed by atoms with Crippen molar-refractivity contribution in [3.63, 3.8) is 0 Å². The van der Waals surface area contributed by atoms with Crippen molar-refractivity contribution in [2.45, 2.75) is 32.7 Å². The molecule has 0 saturated heterocycles. The van der Waals surface area contributed by atoms with Gasteiger partial charge in [-0.25, -0.2) is 0 Å². The minimum Gasteiger partial charge on any atom is -0.339 e. The first-order valence-electron chi connectivity index (χ1n) is 6.34. The summed E-state index contributed by atoms with van der Waals surface area (Å²) < 4.78 is 5.14. The molecular formula is C13H16N4O3. The maximum Gasteiger partial charge on any atom is 0.270 e. The van der Waals surface area contributed by atoms with Crippen LogP contribution in [0.3, 0.4) is 0 Å². The molecule has 0 radical (unpaired) electrons. The van der Waals surface area contributed by atoms with Gasteiger partial charge in [0.15, 0.2) is 0 Å². The predicted molar refractivity (Wildman–Crippen MR) is 73.1 cm³/mol. The molecule has 2 rings (SSSR count). The largest absolute Gasteiger partial charge is 0.339 e. The monoisotopic (exact) mass is 276 g/mol. The number of nitrogens with two attached hydrogens (primary N) is 1. The number of nitrogens with zero attached hydrogens (tertiary/aromatic N) is 3. The summed E-state index contributed by atoms with van der Waals surface area (Å²) in [5, 5.41) is 14.7. The Hall–Kier alpha value is -2.28.